The molecule has 0 radical (unpaired) electrons. The molecule has 1 unspecified atom stereocenters. The summed E-state index contributed by atoms with van der Waals surface area (Å²) in [4.78, 5) is 4.05. The molecule has 1 heteroatoms. The summed E-state index contributed by atoms with van der Waals surface area (Å²) in [6.45, 7) is 16.4. The Kier molecular flexibility index (Phi) is 21.3. The van der Waals surface area contributed by atoms with Gasteiger partial charge in [0.05, 0.1) is 0 Å². The average Bonchev–Trinajstić information content (AvgIpc) is 2.35. The first-order chi connectivity index (χ1) is 7.68. The van der Waals surface area contributed by atoms with Gasteiger partial charge in [-0.3, -0.25) is 4.99 Å². The molecule has 0 spiro atoms. The van der Waals surface area contributed by atoms with Crippen molar-refractivity contribution in [3.05, 3.63) is 24.4 Å². The van der Waals surface area contributed by atoms with Gasteiger partial charge in [0.1, 0.15) is 0 Å². The minimum Gasteiger partial charge on any atom is -0.270 e. The summed E-state index contributed by atoms with van der Waals surface area (Å²) in [5, 5.41) is 0. The second-order valence-corrected chi connectivity index (χ2v) is 3.08. The molecule has 0 aliphatic carbocycles. The number of rotatable bonds is 4. The number of allylic oxidation sites excluding steroid dienone is 3. The van der Waals surface area contributed by atoms with E-state index in [1.165, 1.54) is 0 Å². The van der Waals surface area contributed by atoms with Gasteiger partial charge in [0, 0.05) is 17.8 Å². The van der Waals surface area contributed by atoms with Crippen LogP contribution in [0.4, 0.5) is 0 Å². The molecule has 0 rings (SSSR count). The van der Waals surface area contributed by atoms with Crippen LogP contribution in [0, 0.1) is 5.41 Å². The molecule has 0 aliphatic heterocycles. The lowest BCUT2D eigenvalue weighted by atomic mass is 9.87. The van der Waals surface area contributed by atoms with Crippen LogP contribution in [-0.2, 0) is 0 Å². The molecule has 0 bridgehead atoms. The highest BCUT2D eigenvalue weighted by Gasteiger charge is 2.12. The Bertz CT molecular complexity index is 190. The molecule has 16 heavy (non-hydrogen) atoms. The molecular formula is C15H31N. The van der Waals surface area contributed by atoms with Crippen molar-refractivity contribution in [2.45, 2.75) is 61.8 Å². The molecule has 0 saturated heterocycles. The first-order valence-corrected chi connectivity index (χ1v) is 6.48. The zero-order chi connectivity index (χ0) is 13.4. The molecule has 0 fully saturated rings. The van der Waals surface area contributed by atoms with E-state index < -0.39 is 0 Å². The van der Waals surface area contributed by atoms with E-state index in [0.717, 1.165) is 6.42 Å². The van der Waals surface area contributed by atoms with Crippen LogP contribution >= 0.6 is 0 Å². The molecule has 1 atom stereocenters. The highest BCUT2D eigenvalue weighted by molar-refractivity contribution is 5.54. The molecule has 0 saturated carbocycles. The summed E-state index contributed by atoms with van der Waals surface area (Å²) < 4.78 is 0. The van der Waals surface area contributed by atoms with Gasteiger partial charge in [0.25, 0.3) is 0 Å². The van der Waals surface area contributed by atoms with Crippen LogP contribution in [0.3, 0.4) is 0 Å². The highest BCUT2D eigenvalue weighted by atomic mass is 14.7. The quantitative estimate of drug-likeness (QED) is 0.434. The van der Waals surface area contributed by atoms with Gasteiger partial charge in [-0.2, -0.15) is 0 Å². The second-order valence-electron chi connectivity index (χ2n) is 3.08. The Morgan fingerprint density at radius 2 is 1.50 bits per heavy atom. The summed E-state index contributed by atoms with van der Waals surface area (Å²) >= 11 is 0. The standard InChI is InChI=1S/C11H19N.2C2H6/c1-5-8-11(4,6-2)9-10-12-7-3;2*1-2/h5,7-10H,6H2,1-4H3;2*1-2H3/b8-5-,10-9-,12-7?;;. The lowest BCUT2D eigenvalue weighted by Crippen LogP contribution is -2.06. The van der Waals surface area contributed by atoms with Gasteiger partial charge >= 0.3 is 0 Å². The molecule has 0 N–H and O–H groups in total. The summed E-state index contributed by atoms with van der Waals surface area (Å²) in [7, 11) is 0. The monoisotopic (exact) mass is 225 g/mol. The highest BCUT2D eigenvalue weighted by Crippen LogP contribution is 2.24. The Labute approximate surface area is 103 Å². The maximum atomic E-state index is 4.05. The second kappa shape index (κ2) is 16.6. The van der Waals surface area contributed by atoms with Gasteiger partial charge in [-0.25, -0.2) is 0 Å². The Morgan fingerprint density at radius 3 is 1.81 bits per heavy atom. The number of aliphatic imine (C=N–C) groups is 1. The van der Waals surface area contributed by atoms with Crippen molar-refractivity contribution in [2.24, 2.45) is 10.4 Å². The van der Waals surface area contributed by atoms with Gasteiger partial charge < -0.3 is 0 Å². The summed E-state index contributed by atoms with van der Waals surface area (Å²) in [6.07, 6.45) is 11.2. The molecule has 1 nitrogen and oxygen atoms in total. The van der Waals surface area contributed by atoms with Crippen LogP contribution in [0.15, 0.2) is 29.4 Å². The maximum absolute atomic E-state index is 4.05. The van der Waals surface area contributed by atoms with E-state index in [0.29, 0.717) is 0 Å². The SMILES string of the molecule is CC.CC.CC=N/C=C\C(C)(/C=C\C)CC. The molecule has 0 heterocycles. The third kappa shape index (κ3) is 13.2. The van der Waals surface area contributed by atoms with Crippen molar-refractivity contribution < 1.29 is 0 Å². The van der Waals surface area contributed by atoms with E-state index in [2.05, 4.69) is 37.1 Å². The molecule has 0 aromatic rings. The van der Waals surface area contributed by atoms with E-state index in [1.54, 1.807) is 6.21 Å². The third-order valence-corrected chi connectivity index (χ3v) is 2.00. The first kappa shape index (κ1) is 20.5. The van der Waals surface area contributed by atoms with Gasteiger partial charge in [0.2, 0.25) is 0 Å². The average molecular weight is 225 g/mol. The van der Waals surface area contributed by atoms with Crippen molar-refractivity contribution >= 4 is 6.21 Å². The number of nitrogens with zero attached hydrogens (tertiary/aromatic N) is 1. The number of hydrogen-bond acceptors (Lipinski definition) is 1. The first-order valence-electron chi connectivity index (χ1n) is 6.48. The van der Waals surface area contributed by atoms with Crippen molar-refractivity contribution in [1.29, 1.82) is 0 Å². The van der Waals surface area contributed by atoms with Crippen LogP contribution in [-0.4, -0.2) is 6.21 Å². The minimum atomic E-state index is 0.168. The Morgan fingerprint density at radius 1 is 1.00 bits per heavy atom. The van der Waals surface area contributed by atoms with E-state index in [4.69, 9.17) is 0 Å². The van der Waals surface area contributed by atoms with Crippen LogP contribution in [0.5, 0.6) is 0 Å². The molecule has 0 aromatic heterocycles. The van der Waals surface area contributed by atoms with E-state index in [9.17, 15) is 0 Å². The fourth-order valence-corrected chi connectivity index (χ4v) is 0.971. The Hall–Kier alpha value is -0.850. The lowest BCUT2D eigenvalue weighted by Gasteiger charge is -2.18. The van der Waals surface area contributed by atoms with Crippen molar-refractivity contribution in [2.75, 3.05) is 0 Å². The van der Waals surface area contributed by atoms with Crippen LogP contribution in [0.2, 0.25) is 0 Å². The fourth-order valence-electron chi connectivity index (χ4n) is 0.971. The predicted molar refractivity (Wildman–Crippen MR) is 79.2 cm³/mol. The molecular weight excluding hydrogens is 194 g/mol. The smallest absolute Gasteiger partial charge is 0.0232 e. The zero-order valence-corrected chi connectivity index (χ0v) is 12.5. The molecule has 96 valence electrons. The lowest BCUT2D eigenvalue weighted by molar-refractivity contribution is 0.529. The van der Waals surface area contributed by atoms with Crippen molar-refractivity contribution in [1.82, 2.24) is 0 Å². The van der Waals surface area contributed by atoms with Gasteiger partial charge in [0.15, 0.2) is 0 Å². The van der Waals surface area contributed by atoms with Crippen LogP contribution in [0.1, 0.15) is 61.8 Å². The zero-order valence-electron chi connectivity index (χ0n) is 12.5. The van der Waals surface area contributed by atoms with Crippen LogP contribution in [0.25, 0.3) is 0 Å². The van der Waals surface area contributed by atoms with Crippen molar-refractivity contribution in [3.63, 3.8) is 0 Å². The van der Waals surface area contributed by atoms with Gasteiger partial charge in [-0.15, -0.1) is 0 Å². The molecule has 0 aliphatic rings. The third-order valence-electron chi connectivity index (χ3n) is 2.00. The predicted octanol–water partition coefficient (Wildman–Crippen LogP) is 5.64. The van der Waals surface area contributed by atoms with Crippen LogP contribution < -0.4 is 0 Å². The van der Waals surface area contributed by atoms with E-state index >= 15 is 0 Å². The van der Waals surface area contributed by atoms with Gasteiger partial charge in [-0.05, 0) is 20.3 Å². The molecule has 0 aromatic carbocycles. The molecule has 0 amide bonds. The maximum Gasteiger partial charge on any atom is 0.0232 e. The summed E-state index contributed by atoms with van der Waals surface area (Å²) in [5.41, 5.74) is 0.168. The van der Waals surface area contributed by atoms with Crippen molar-refractivity contribution in [3.8, 4) is 0 Å². The minimum absolute atomic E-state index is 0.168. The van der Waals surface area contributed by atoms with E-state index in [1.807, 2.05) is 47.7 Å². The van der Waals surface area contributed by atoms with Gasteiger partial charge in [-0.1, -0.05) is 59.8 Å². The topological polar surface area (TPSA) is 12.4 Å². The Balaban J connectivity index is -0.000000376. The number of hydrogen-bond donors (Lipinski definition) is 0. The summed E-state index contributed by atoms with van der Waals surface area (Å²) in [6, 6.07) is 0. The fraction of sp³-hybridized carbons (Fsp3) is 0.667. The van der Waals surface area contributed by atoms with E-state index in [-0.39, 0.29) is 5.41 Å². The summed E-state index contributed by atoms with van der Waals surface area (Å²) in [5.74, 6) is 0. The normalized spacial score (nSPS) is 14.2. The largest absolute Gasteiger partial charge is 0.270 e.